The molecule has 0 bridgehead atoms. The van der Waals surface area contributed by atoms with Gasteiger partial charge in [-0.3, -0.25) is 9.89 Å². The van der Waals surface area contributed by atoms with Crippen molar-refractivity contribution < 1.29 is 4.79 Å². The maximum Gasteiger partial charge on any atom is 0.276 e. The number of hydrogen-bond donors (Lipinski definition) is 3. The maximum atomic E-state index is 11.9. The summed E-state index contributed by atoms with van der Waals surface area (Å²) < 4.78 is 0. The van der Waals surface area contributed by atoms with E-state index in [0.717, 1.165) is 10.7 Å². The molecule has 0 saturated heterocycles. The number of carbonyl (C=O) groups excluding carboxylic acids is 1. The molecule has 0 atom stereocenters. The number of thiazole rings is 1. The van der Waals surface area contributed by atoms with Gasteiger partial charge in [-0.1, -0.05) is 20.8 Å². The number of rotatable bonds is 3. The molecule has 0 aliphatic carbocycles. The quantitative estimate of drug-likeness (QED) is 0.799. The van der Waals surface area contributed by atoms with Gasteiger partial charge in [0.25, 0.3) is 5.91 Å². The lowest BCUT2D eigenvalue weighted by molar-refractivity contribution is 0.102. The summed E-state index contributed by atoms with van der Waals surface area (Å²) in [4.78, 5) is 16.1. The van der Waals surface area contributed by atoms with E-state index < -0.39 is 0 Å². The zero-order valence-electron chi connectivity index (χ0n) is 11.2. The van der Waals surface area contributed by atoms with Gasteiger partial charge in [0.15, 0.2) is 5.82 Å². The summed E-state index contributed by atoms with van der Waals surface area (Å²) in [6.45, 7) is 6.55. The Morgan fingerprint density at radius 3 is 2.79 bits per heavy atom. The van der Waals surface area contributed by atoms with Gasteiger partial charge in [-0.15, -0.1) is 11.3 Å². The lowest BCUT2D eigenvalue weighted by Crippen LogP contribution is -2.13. The van der Waals surface area contributed by atoms with Gasteiger partial charge in [0.1, 0.15) is 10.7 Å². The van der Waals surface area contributed by atoms with Gasteiger partial charge in [-0.05, 0) is 0 Å². The standard InChI is InChI=1S/C12H17N5OS/c1-12(2,3)8-4-9(17-16-8)15-11(18)7-6-19-10(5-13)14-7/h4,6H,5,13H2,1-3H3,(H2,15,16,17,18). The van der Waals surface area contributed by atoms with E-state index in [1.54, 1.807) is 5.38 Å². The number of hydrogen-bond acceptors (Lipinski definition) is 5. The third-order valence-corrected chi connectivity index (χ3v) is 3.46. The van der Waals surface area contributed by atoms with E-state index in [9.17, 15) is 4.79 Å². The van der Waals surface area contributed by atoms with E-state index in [0.29, 0.717) is 18.1 Å². The van der Waals surface area contributed by atoms with Crippen molar-refractivity contribution in [3.8, 4) is 0 Å². The number of aromatic amines is 1. The predicted molar refractivity (Wildman–Crippen MR) is 75.2 cm³/mol. The number of anilines is 1. The highest BCUT2D eigenvalue weighted by atomic mass is 32.1. The van der Waals surface area contributed by atoms with Crippen molar-refractivity contribution in [2.45, 2.75) is 32.7 Å². The monoisotopic (exact) mass is 279 g/mol. The Hall–Kier alpha value is -1.73. The van der Waals surface area contributed by atoms with Crippen LogP contribution < -0.4 is 11.1 Å². The van der Waals surface area contributed by atoms with Crippen LogP contribution in [0.3, 0.4) is 0 Å². The molecule has 6 nitrogen and oxygen atoms in total. The molecule has 0 spiro atoms. The third-order valence-electron chi connectivity index (χ3n) is 2.59. The summed E-state index contributed by atoms with van der Waals surface area (Å²) in [5, 5.41) is 12.1. The normalized spacial score (nSPS) is 11.6. The minimum atomic E-state index is -0.275. The first-order chi connectivity index (χ1) is 8.90. The van der Waals surface area contributed by atoms with Crippen LogP contribution in [0.2, 0.25) is 0 Å². The van der Waals surface area contributed by atoms with Crippen LogP contribution >= 0.6 is 11.3 Å². The van der Waals surface area contributed by atoms with Gasteiger partial charge in [0, 0.05) is 29.1 Å². The van der Waals surface area contributed by atoms with Gasteiger partial charge in [0.2, 0.25) is 0 Å². The molecule has 2 aromatic rings. The van der Waals surface area contributed by atoms with Crippen LogP contribution in [-0.2, 0) is 12.0 Å². The van der Waals surface area contributed by atoms with Gasteiger partial charge >= 0.3 is 0 Å². The summed E-state index contributed by atoms with van der Waals surface area (Å²) >= 11 is 1.37. The van der Waals surface area contributed by atoms with Crippen LogP contribution in [0.25, 0.3) is 0 Å². The van der Waals surface area contributed by atoms with Crippen molar-refractivity contribution in [3.05, 3.63) is 27.8 Å². The first-order valence-electron chi connectivity index (χ1n) is 5.92. The van der Waals surface area contributed by atoms with E-state index in [-0.39, 0.29) is 11.3 Å². The first-order valence-corrected chi connectivity index (χ1v) is 6.80. The van der Waals surface area contributed by atoms with E-state index in [2.05, 4.69) is 41.3 Å². The average Bonchev–Trinajstić information content (AvgIpc) is 2.95. The zero-order valence-corrected chi connectivity index (χ0v) is 12.0. The Balaban J connectivity index is 2.09. The molecular weight excluding hydrogens is 262 g/mol. The Labute approximate surface area is 115 Å². The minimum absolute atomic E-state index is 0.0384. The second kappa shape index (κ2) is 5.10. The summed E-state index contributed by atoms with van der Waals surface area (Å²) in [6, 6.07) is 1.83. The van der Waals surface area contributed by atoms with Crippen molar-refractivity contribution in [2.24, 2.45) is 5.73 Å². The molecule has 19 heavy (non-hydrogen) atoms. The molecule has 0 aliphatic rings. The molecular formula is C12H17N5OS. The number of nitrogens with two attached hydrogens (primary N) is 1. The van der Waals surface area contributed by atoms with Crippen molar-refractivity contribution in [3.63, 3.8) is 0 Å². The third kappa shape index (κ3) is 3.18. The van der Waals surface area contributed by atoms with Crippen molar-refractivity contribution >= 4 is 23.1 Å². The second-order valence-electron chi connectivity index (χ2n) is 5.20. The van der Waals surface area contributed by atoms with Gasteiger partial charge in [-0.2, -0.15) is 5.10 Å². The zero-order chi connectivity index (χ0) is 14.0. The van der Waals surface area contributed by atoms with Crippen LogP contribution in [0.15, 0.2) is 11.4 Å². The van der Waals surface area contributed by atoms with Gasteiger partial charge in [-0.25, -0.2) is 4.98 Å². The topological polar surface area (TPSA) is 96.7 Å². The molecule has 0 aliphatic heterocycles. The van der Waals surface area contributed by atoms with Crippen LogP contribution in [0, 0.1) is 0 Å². The highest BCUT2D eigenvalue weighted by molar-refractivity contribution is 7.09. The minimum Gasteiger partial charge on any atom is -0.325 e. The summed E-state index contributed by atoms with van der Waals surface area (Å²) in [5.41, 5.74) is 6.76. The largest absolute Gasteiger partial charge is 0.325 e. The van der Waals surface area contributed by atoms with Crippen LogP contribution in [-0.4, -0.2) is 21.1 Å². The molecule has 1 amide bonds. The van der Waals surface area contributed by atoms with Crippen molar-refractivity contribution in [1.29, 1.82) is 0 Å². The van der Waals surface area contributed by atoms with E-state index >= 15 is 0 Å². The fourth-order valence-electron chi connectivity index (χ4n) is 1.46. The number of aromatic nitrogens is 3. The van der Waals surface area contributed by atoms with E-state index in [4.69, 9.17) is 5.73 Å². The molecule has 2 rings (SSSR count). The molecule has 0 unspecified atom stereocenters. The molecule has 7 heteroatoms. The van der Waals surface area contributed by atoms with Crippen LogP contribution in [0.1, 0.15) is 42.0 Å². The number of carbonyl (C=O) groups is 1. The molecule has 2 heterocycles. The van der Waals surface area contributed by atoms with Crippen LogP contribution in [0.5, 0.6) is 0 Å². The molecule has 4 N–H and O–H groups in total. The fourth-order valence-corrected chi connectivity index (χ4v) is 2.11. The highest BCUT2D eigenvalue weighted by Crippen LogP contribution is 2.22. The van der Waals surface area contributed by atoms with Crippen molar-refractivity contribution in [1.82, 2.24) is 15.2 Å². The van der Waals surface area contributed by atoms with Crippen LogP contribution in [0.4, 0.5) is 5.82 Å². The summed E-state index contributed by atoms with van der Waals surface area (Å²) in [5.74, 6) is 0.222. The Kier molecular flexibility index (Phi) is 3.68. The maximum absolute atomic E-state index is 11.9. The van der Waals surface area contributed by atoms with E-state index in [1.165, 1.54) is 11.3 Å². The van der Waals surface area contributed by atoms with E-state index in [1.807, 2.05) is 6.07 Å². The number of H-pyrrole nitrogens is 1. The summed E-state index contributed by atoms with van der Waals surface area (Å²) in [6.07, 6.45) is 0. The van der Waals surface area contributed by atoms with Gasteiger partial charge < -0.3 is 11.1 Å². The lowest BCUT2D eigenvalue weighted by Gasteiger charge is -2.14. The average molecular weight is 279 g/mol. The molecule has 2 aromatic heterocycles. The molecule has 102 valence electrons. The second-order valence-corrected chi connectivity index (χ2v) is 6.14. The number of nitrogens with one attached hydrogen (secondary N) is 2. The molecule has 0 aromatic carbocycles. The Morgan fingerprint density at radius 2 is 2.26 bits per heavy atom. The lowest BCUT2D eigenvalue weighted by atomic mass is 9.92. The molecule has 0 fully saturated rings. The fraction of sp³-hybridized carbons (Fsp3) is 0.417. The first kappa shape index (κ1) is 13.7. The predicted octanol–water partition coefficient (Wildman–Crippen LogP) is 1.87. The highest BCUT2D eigenvalue weighted by Gasteiger charge is 2.18. The number of amides is 1. The molecule has 0 saturated carbocycles. The van der Waals surface area contributed by atoms with Crippen molar-refractivity contribution in [2.75, 3.05) is 5.32 Å². The summed E-state index contributed by atoms with van der Waals surface area (Å²) in [7, 11) is 0. The molecule has 0 radical (unpaired) electrons. The SMILES string of the molecule is CC(C)(C)c1cc(NC(=O)c2csc(CN)n2)n[nH]1. The smallest absolute Gasteiger partial charge is 0.276 e. The Morgan fingerprint density at radius 1 is 1.53 bits per heavy atom. The Bertz CT molecular complexity index is 581. The van der Waals surface area contributed by atoms with Gasteiger partial charge in [0.05, 0.1) is 0 Å². The number of nitrogens with zero attached hydrogens (tertiary/aromatic N) is 2.